The summed E-state index contributed by atoms with van der Waals surface area (Å²) in [6.07, 6.45) is 5.63. The molecule has 0 spiro atoms. The lowest BCUT2D eigenvalue weighted by molar-refractivity contribution is -0.384. The molecule has 0 aliphatic heterocycles. The van der Waals surface area contributed by atoms with E-state index >= 15 is 0 Å². The molecule has 0 aliphatic rings. The van der Waals surface area contributed by atoms with Gasteiger partial charge in [0.05, 0.1) is 11.6 Å². The highest BCUT2D eigenvalue weighted by Crippen LogP contribution is 2.22. The summed E-state index contributed by atoms with van der Waals surface area (Å²) in [5.41, 5.74) is 1.10. The minimum atomic E-state index is -0.376. The van der Waals surface area contributed by atoms with Gasteiger partial charge in [-0.2, -0.15) is 0 Å². The summed E-state index contributed by atoms with van der Waals surface area (Å²) in [5.74, 6) is 0. The van der Waals surface area contributed by atoms with Gasteiger partial charge in [0.1, 0.15) is 0 Å². The topological polar surface area (TPSA) is 51.3 Å². The molecule has 20 heavy (non-hydrogen) atoms. The summed E-state index contributed by atoms with van der Waals surface area (Å²) in [6, 6.07) is 6.80. The maximum Gasteiger partial charge on any atom is 0.270 e. The van der Waals surface area contributed by atoms with Gasteiger partial charge in [-0.05, 0) is 12.1 Å². The van der Waals surface area contributed by atoms with Gasteiger partial charge in [0, 0.05) is 42.3 Å². The summed E-state index contributed by atoms with van der Waals surface area (Å²) in [5, 5.41) is 11.6. The van der Waals surface area contributed by atoms with E-state index in [-0.39, 0.29) is 10.6 Å². The monoisotopic (exact) mass is 271 g/mol. The number of benzene rings is 1. The molecule has 0 amide bonds. The molecule has 104 valence electrons. The molecule has 0 saturated heterocycles. The van der Waals surface area contributed by atoms with Gasteiger partial charge in [-0.1, -0.05) is 12.2 Å². The molecular weight excluding hydrogens is 254 g/mol. The number of hydrogen-bond acceptors (Lipinski definition) is 3. The molecule has 0 unspecified atom stereocenters. The third-order valence-electron chi connectivity index (χ3n) is 3.09. The van der Waals surface area contributed by atoms with Crippen LogP contribution in [0.5, 0.6) is 0 Å². The van der Waals surface area contributed by atoms with E-state index in [2.05, 4.69) is 22.6 Å². The van der Waals surface area contributed by atoms with Crippen LogP contribution in [0.4, 0.5) is 5.69 Å². The van der Waals surface area contributed by atoms with Gasteiger partial charge >= 0.3 is 0 Å². The lowest BCUT2D eigenvalue weighted by Gasteiger charge is -2.20. The van der Waals surface area contributed by atoms with Crippen LogP contribution in [0.25, 0.3) is 10.9 Å². The smallest absolute Gasteiger partial charge is 0.270 e. The van der Waals surface area contributed by atoms with E-state index in [1.54, 1.807) is 12.1 Å². The number of aromatic nitrogens is 1. The molecule has 0 fully saturated rings. The summed E-state index contributed by atoms with van der Waals surface area (Å²) in [4.78, 5) is 12.6. The second kappa shape index (κ2) is 6.16. The summed E-state index contributed by atoms with van der Waals surface area (Å²) < 4.78 is 2.06. The summed E-state index contributed by atoms with van der Waals surface area (Å²) in [7, 11) is 0. The Hall–Kier alpha value is -2.40. The Morgan fingerprint density at radius 1 is 1.25 bits per heavy atom. The molecular formula is C15H17N3O2. The van der Waals surface area contributed by atoms with Crippen molar-refractivity contribution >= 4 is 16.6 Å². The van der Waals surface area contributed by atoms with E-state index in [0.29, 0.717) is 6.67 Å². The zero-order chi connectivity index (χ0) is 14.5. The Labute approximate surface area is 117 Å². The first-order valence-corrected chi connectivity index (χ1v) is 6.33. The zero-order valence-electron chi connectivity index (χ0n) is 11.2. The average Bonchev–Trinajstić information content (AvgIpc) is 2.82. The first kappa shape index (κ1) is 14.0. The lowest BCUT2D eigenvalue weighted by atomic mass is 10.2. The van der Waals surface area contributed by atoms with E-state index in [9.17, 15) is 10.1 Å². The first-order valence-electron chi connectivity index (χ1n) is 6.33. The molecule has 2 aromatic rings. The van der Waals surface area contributed by atoms with Gasteiger partial charge in [-0.15, -0.1) is 13.2 Å². The highest BCUT2D eigenvalue weighted by molar-refractivity contribution is 5.82. The molecule has 1 aromatic heterocycles. The third kappa shape index (κ3) is 2.95. The molecule has 5 nitrogen and oxygen atoms in total. The third-order valence-corrected chi connectivity index (χ3v) is 3.09. The SMILES string of the molecule is C=CCN(CC=C)Cn1ccc2cc([N+](=O)[O-])ccc21. The van der Waals surface area contributed by atoms with Crippen molar-refractivity contribution in [2.75, 3.05) is 13.1 Å². The largest absolute Gasteiger partial charge is 0.334 e. The van der Waals surface area contributed by atoms with Crippen molar-refractivity contribution in [3.63, 3.8) is 0 Å². The second-order valence-corrected chi connectivity index (χ2v) is 4.54. The van der Waals surface area contributed by atoms with Crippen molar-refractivity contribution in [3.05, 3.63) is 65.9 Å². The fourth-order valence-corrected chi connectivity index (χ4v) is 2.20. The van der Waals surface area contributed by atoms with Gasteiger partial charge in [0.15, 0.2) is 0 Å². The summed E-state index contributed by atoms with van der Waals surface area (Å²) in [6.45, 7) is 9.71. The molecule has 1 heterocycles. The molecule has 0 bridgehead atoms. The quantitative estimate of drug-likeness (QED) is 0.441. The number of hydrogen-bond donors (Lipinski definition) is 0. The minimum Gasteiger partial charge on any atom is -0.334 e. The number of nitro groups is 1. The normalized spacial score (nSPS) is 10.8. The molecule has 0 aliphatic carbocycles. The van der Waals surface area contributed by atoms with Gasteiger partial charge in [-0.25, -0.2) is 0 Å². The fourth-order valence-electron chi connectivity index (χ4n) is 2.20. The van der Waals surface area contributed by atoms with E-state index in [0.717, 1.165) is 24.0 Å². The van der Waals surface area contributed by atoms with Crippen LogP contribution in [-0.2, 0) is 6.67 Å². The second-order valence-electron chi connectivity index (χ2n) is 4.54. The minimum absolute atomic E-state index is 0.115. The van der Waals surface area contributed by atoms with Crippen LogP contribution in [0.3, 0.4) is 0 Å². The molecule has 0 radical (unpaired) electrons. The predicted molar refractivity (Wildman–Crippen MR) is 80.6 cm³/mol. The Balaban J connectivity index is 2.28. The predicted octanol–water partition coefficient (Wildman–Crippen LogP) is 3.18. The molecule has 0 N–H and O–H groups in total. The van der Waals surface area contributed by atoms with Crippen molar-refractivity contribution in [1.82, 2.24) is 9.47 Å². The molecule has 1 aromatic carbocycles. The van der Waals surface area contributed by atoms with Crippen LogP contribution in [0.15, 0.2) is 55.8 Å². The van der Waals surface area contributed by atoms with Crippen LogP contribution >= 0.6 is 0 Å². The number of rotatable bonds is 7. The average molecular weight is 271 g/mol. The molecule has 0 atom stereocenters. The maximum atomic E-state index is 10.8. The van der Waals surface area contributed by atoms with E-state index in [1.807, 2.05) is 24.4 Å². The van der Waals surface area contributed by atoms with Gasteiger partial charge in [-0.3, -0.25) is 15.0 Å². The Bertz CT molecular complexity index is 636. The molecule has 2 rings (SSSR count). The Morgan fingerprint density at radius 3 is 2.55 bits per heavy atom. The highest BCUT2D eigenvalue weighted by Gasteiger charge is 2.10. The lowest BCUT2D eigenvalue weighted by Crippen LogP contribution is -2.26. The van der Waals surface area contributed by atoms with E-state index in [4.69, 9.17) is 0 Å². The van der Waals surface area contributed by atoms with Crippen LogP contribution < -0.4 is 0 Å². The van der Waals surface area contributed by atoms with Crippen LogP contribution in [-0.4, -0.2) is 27.5 Å². The molecule has 0 saturated carbocycles. The van der Waals surface area contributed by atoms with Gasteiger partial charge in [0.2, 0.25) is 0 Å². The number of non-ortho nitro benzene ring substituents is 1. The summed E-state index contributed by atoms with van der Waals surface area (Å²) >= 11 is 0. The van der Waals surface area contributed by atoms with Crippen molar-refractivity contribution in [3.8, 4) is 0 Å². The number of fused-ring (bicyclic) bond motifs is 1. The van der Waals surface area contributed by atoms with Crippen molar-refractivity contribution in [2.24, 2.45) is 0 Å². The number of nitro benzene ring substituents is 1. The standard InChI is InChI=1S/C15H17N3O2/c1-3-8-16(9-4-2)12-17-10-7-13-11-14(18(19)20)5-6-15(13)17/h3-7,10-11H,1-2,8-9,12H2. The van der Waals surface area contributed by atoms with Crippen LogP contribution in [0.2, 0.25) is 0 Å². The fraction of sp³-hybridized carbons (Fsp3) is 0.200. The van der Waals surface area contributed by atoms with Gasteiger partial charge in [0.25, 0.3) is 5.69 Å². The number of nitrogens with zero attached hydrogens (tertiary/aromatic N) is 3. The van der Waals surface area contributed by atoms with Crippen LogP contribution in [0, 0.1) is 10.1 Å². The maximum absolute atomic E-state index is 10.8. The molecule has 5 heteroatoms. The zero-order valence-corrected chi connectivity index (χ0v) is 11.2. The first-order chi connectivity index (χ1) is 9.65. The van der Waals surface area contributed by atoms with Crippen LogP contribution in [0.1, 0.15) is 0 Å². The van der Waals surface area contributed by atoms with Crippen molar-refractivity contribution in [2.45, 2.75) is 6.67 Å². The van der Waals surface area contributed by atoms with E-state index in [1.165, 1.54) is 6.07 Å². The Morgan fingerprint density at radius 2 is 1.95 bits per heavy atom. The Kier molecular flexibility index (Phi) is 4.32. The van der Waals surface area contributed by atoms with E-state index < -0.39 is 0 Å². The van der Waals surface area contributed by atoms with Gasteiger partial charge < -0.3 is 4.57 Å². The highest BCUT2D eigenvalue weighted by atomic mass is 16.6. The van der Waals surface area contributed by atoms with Crippen molar-refractivity contribution in [1.29, 1.82) is 0 Å². The van der Waals surface area contributed by atoms with Crippen molar-refractivity contribution < 1.29 is 4.92 Å².